The predicted octanol–water partition coefficient (Wildman–Crippen LogP) is 4.51. The maximum absolute atomic E-state index is 12.3. The third kappa shape index (κ3) is 3.85. The summed E-state index contributed by atoms with van der Waals surface area (Å²) in [5.74, 6) is 0.0841. The van der Waals surface area contributed by atoms with Gasteiger partial charge < -0.3 is 5.32 Å². The summed E-state index contributed by atoms with van der Waals surface area (Å²) in [5.41, 5.74) is 3.26. The van der Waals surface area contributed by atoms with Crippen LogP contribution >= 0.6 is 23.4 Å². The van der Waals surface area contributed by atoms with Gasteiger partial charge in [0.2, 0.25) is 5.91 Å². The van der Waals surface area contributed by atoms with E-state index >= 15 is 0 Å². The average molecular weight is 410 g/mol. The van der Waals surface area contributed by atoms with Gasteiger partial charge in [-0.15, -0.1) is 0 Å². The van der Waals surface area contributed by atoms with E-state index in [9.17, 15) is 4.79 Å². The number of carbonyl (C=O) groups excluding carboxylic acids is 1. The monoisotopic (exact) mass is 409 g/mol. The molecule has 0 bridgehead atoms. The van der Waals surface area contributed by atoms with Crippen molar-refractivity contribution in [1.82, 2.24) is 19.7 Å². The number of halogens is 1. The van der Waals surface area contributed by atoms with Crippen LogP contribution in [0.15, 0.2) is 66.1 Å². The van der Waals surface area contributed by atoms with E-state index < -0.39 is 0 Å². The fourth-order valence-corrected chi connectivity index (χ4v) is 3.64. The molecule has 0 aliphatic rings. The van der Waals surface area contributed by atoms with Crippen molar-refractivity contribution in [3.63, 3.8) is 0 Å². The molecule has 2 aromatic carbocycles. The molecular weight excluding hydrogens is 394 g/mol. The number of hydrogen-bond acceptors (Lipinski definition) is 5. The van der Waals surface area contributed by atoms with Gasteiger partial charge >= 0.3 is 0 Å². The number of carbonyl (C=O) groups is 1. The summed E-state index contributed by atoms with van der Waals surface area (Å²) in [5, 5.41) is 9.42. The summed E-state index contributed by atoms with van der Waals surface area (Å²) in [4.78, 5) is 21.0. The summed E-state index contributed by atoms with van der Waals surface area (Å²) in [6, 6.07) is 15.2. The Morgan fingerprint density at radius 3 is 2.79 bits per heavy atom. The van der Waals surface area contributed by atoms with E-state index in [1.165, 1.54) is 18.1 Å². The molecule has 0 aliphatic carbocycles. The predicted molar refractivity (Wildman–Crippen MR) is 112 cm³/mol. The Kier molecular flexibility index (Phi) is 5.27. The number of aromatic nitrogens is 4. The number of para-hydroxylation sites is 1. The fraction of sp³-hybridized carbons (Fsp3) is 0.100. The maximum Gasteiger partial charge on any atom is 0.234 e. The Morgan fingerprint density at radius 1 is 1.18 bits per heavy atom. The molecule has 0 radical (unpaired) electrons. The molecular formula is C20H16ClN5OS. The van der Waals surface area contributed by atoms with Crippen LogP contribution in [0.1, 0.15) is 5.56 Å². The lowest BCUT2D eigenvalue weighted by atomic mass is 10.2. The minimum Gasteiger partial charge on any atom is -0.325 e. The largest absolute Gasteiger partial charge is 0.325 e. The van der Waals surface area contributed by atoms with Gasteiger partial charge in [0, 0.05) is 10.7 Å². The van der Waals surface area contributed by atoms with E-state index in [0.29, 0.717) is 21.4 Å². The molecule has 0 fully saturated rings. The van der Waals surface area contributed by atoms with Gasteiger partial charge in [0.1, 0.15) is 11.4 Å². The van der Waals surface area contributed by atoms with Gasteiger partial charge in [-0.2, -0.15) is 5.10 Å². The Hall–Kier alpha value is -2.90. The van der Waals surface area contributed by atoms with Crippen LogP contribution in [0.3, 0.4) is 0 Å². The quantitative estimate of drug-likeness (QED) is 0.388. The molecule has 0 atom stereocenters. The molecule has 0 saturated heterocycles. The van der Waals surface area contributed by atoms with Gasteiger partial charge in [-0.05, 0) is 36.8 Å². The van der Waals surface area contributed by atoms with E-state index in [-0.39, 0.29) is 11.7 Å². The van der Waals surface area contributed by atoms with Crippen molar-refractivity contribution in [2.75, 3.05) is 11.1 Å². The third-order valence-corrected chi connectivity index (χ3v) is 5.54. The summed E-state index contributed by atoms with van der Waals surface area (Å²) >= 11 is 7.45. The van der Waals surface area contributed by atoms with Crippen molar-refractivity contribution in [2.45, 2.75) is 11.9 Å². The highest BCUT2D eigenvalue weighted by Crippen LogP contribution is 2.26. The van der Waals surface area contributed by atoms with Gasteiger partial charge in [0.15, 0.2) is 5.65 Å². The number of amides is 1. The van der Waals surface area contributed by atoms with Crippen molar-refractivity contribution >= 4 is 46.0 Å². The second-order valence-electron chi connectivity index (χ2n) is 6.11. The first-order chi connectivity index (χ1) is 13.6. The lowest BCUT2D eigenvalue weighted by molar-refractivity contribution is -0.113. The molecule has 1 amide bonds. The normalized spacial score (nSPS) is 10.9. The lowest BCUT2D eigenvalue weighted by Gasteiger charge is -2.07. The molecule has 140 valence electrons. The van der Waals surface area contributed by atoms with E-state index in [1.807, 2.05) is 49.4 Å². The molecule has 0 spiro atoms. The summed E-state index contributed by atoms with van der Waals surface area (Å²) in [7, 11) is 0. The van der Waals surface area contributed by atoms with E-state index in [1.54, 1.807) is 16.9 Å². The molecule has 8 heteroatoms. The van der Waals surface area contributed by atoms with Crippen LogP contribution in [0.2, 0.25) is 5.02 Å². The highest BCUT2D eigenvalue weighted by molar-refractivity contribution is 8.00. The number of aryl methyl sites for hydroxylation is 1. The molecule has 28 heavy (non-hydrogen) atoms. The average Bonchev–Trinajstić information content (AvgIpc) is 3.15. The van der Waals surface area contributed by atoms with Crippen LogP contribution in [-0.2, 0) is 4.79 Å². The Balaban J connectivity index is 1.50. The highest BCUT2D eigenvalue weighted by Gasteiger charge is 2.13. The number of fused-ring (bicyclic) bond motifs is 1. The standard InChI is InChI=1S/C20H16ClN5OS/c1-13-7-8-14(9-17(13)21)25-18(27)11-28-20-16-10-24-26(19(16)22-12-23-20)15-5-3-2-4-6-15/h2-10,12H,11H2,1H3,(H,25,27). The fourth-order valence-electron chi connectivity index (χ4n) is 2.70. The van der Waals surface area contributed by atoms with Crippen LogP contribution in [0.25, 0.3) is 16.7 Å². The third-order valence-electron chi connectivity index (χ3n) is 4.13. The van der Waals surface area contributed by atoms with Gasteiger partial charge in [-0.25, -0.2) is 14.6 Å². The second kappa shape index (κ2) is 8.00. The zero-order chi connectivity index (χ0) is 19.5. The van der Waals surface area contributed by atoms with Crippen LogP contribution < -0.4 is 5.32 Å². The molecule has 0 unspecified atom stereocenters. The lowest BCUT2D eigenvalue weighted by Crippen LogP contribution is -2.14. The topological polar surface area (TPSA) is 72.7 Å². The molecule has 6 nitrogen and oxygen atoms in total. The van der Waals surface area contributed by atoms with Crippen molar-refractivity contribution in [1.29, 1.82) is 0 Å². The number of thioether (sulfide) groups is 1. The molecule has 4 rings (SSSR count). The molecule has 0 aliphatic heterocycles. The van der Waals surface area contributed by atoms with Gasteiger partial charge in [0.05, 0.1) is 23.0 Å². The van der Waals surface area contributed by atoms with Gasteiger partial charge in [-0.3, -0.25) is 4.79 Å². The van der Waals surface area contributed by atoms with E-state index in [4.69, 9.17) is 11.6 Å². The van der Waals surface area contributed by atoms with E-state index in [2.05, 4.69) is 20.4 Å². The number of benzene rings is 2. The smallest absolute Gasteiger partial charge is 0.234 e. The summed E-state index contributed by atoms with van der Waals surface area (Å²) in [6.07, 6.45) is 3.21. The highest BCUT2D eigenvalue weighted by atomic mass is 35.5. The number of rotatable bonds is 5. The van der Waals surface area contributed by atoms with Crippen LogP contribution in [0, 0.1) is 6.92 Å². The molecule has 4 aromatic rings. The van der Waals surface area contributed by atoms with Crippen LogP contribution in [0.4, 0.5) is 5.69 Å². The Morgan fingerprint density at radius 2 is 2.00 bits per heavy atom. The minimum absolute atomic E-state index is 0.132. The molecule has 0 saturated carbocycles. The van der Waals surface area contributed by atoms with Crippen LogP contribution in [-0.4, -0.2) is 31.4 Å². The first kappa shape index (κ1) is 18.5. The number of nitrogens with one attached hydrogen (secondary N) is 1. The number of hydrogen-bond donors (Lipinski definition) is 1. The summed E-state index contributed by atoms with van der Waals surface area (Å²) in [6.45, 7) is 1.92. The van der Waals surface area contributed by atoms with E-state index in [0.717, 1.165) is 16.6 Å². The number of nitrogens with zero attached hydrogens (tertiary/aromatic N) is 4. The maximum atomic E-state index is 12.3. The zero-order valence-electron chi connectivity index (χ0n) is 15.0. The minimum atomic E-state index is -0.132. The van der Waals surface area contributed by atoms with Crippen molar-refractivity contribution in [3.05, 3.63) is 71.6 Å². The van der Waals surface area contributed by atoms with Gasteiger partial charge in [0.25, 0.3) is 0 Å². The Labute approximate surface area is 171 Å². The van der Waals surface area contributed by atoms with Crippen molar-refractivity contribution < 1.29 is 4.79 Å². The molecule has 2 aromatic heterocycles. The Bertz CT molecular complexity index is 1150. The first-order valence-electron chi connectivity index (χ1n) is 8.55. The summed E-state index contributed by atoms with van der Waals surface area (Å²) < 4.78 is 1.76. The van der Waals surface area contributed by atoms with Crippen molar-refractivity contribution in [2.24, 2.45) is 0 Å². The van der Waals surface area contributed by atoms with Crippen molar-refractivity contribution in [3.8, 4) is 5.69 Å². The molecule has 2 heterocycles. The number of anilines is 1. The van der Waals surface area contributed by atoms with Crippen LogP contribution in [0.5, 0.6) is 0 Å². The first-order valence-corrected chi connectivity index (χ1v) is 9.91. The second-order valence-corrected chi connectivity index (χ2v) is 7.48. The van der Waals surface area contributed by atoms with Gasteiger partial charge in [-0.1, -0.05) is 47.6 Å². The molecule has 1 N–H and O–H groups in total. The SMILES string of the molecule is Cc1ccc(NC(=O)CSc2ncnc3c2cnn3-c2ccccc2)cc1Cl. The zero-order valence-corrected chi connectivity index (χ0v) is 16.5.